The van der Waals surface area contributed by atoms with Crippen molar-refractivity contribution < 1.29 is 48.0 Å². The highest BCUT2D eigenvalue weighted by Gasteiger charge is 2.47. The fourth-order valence-corrected chi connectivity index (χ4v) is 7.65. The summed E-state index contributed by atoms with van der Waals surface area (Å²) in [5.74, 6) is -0.816. The number of benzene rings is 4. The normalized spacial score (nSPS) is 20.3. The number of aliphatic carboxylic acids is 1. The molecule has 7 heteroatoms. The zero-order valence-electron chi connectivity index (χ0n) is 28.5. The van der Waals surface area contributed by atoms with Crippen molar-refractivity contribution in [3.63, 3.8) is 0 Å². The monoisotopic (exact) mass is 778 g/mol. The zero-order chi connectivity index (χ0) is 34.3. The number of carboxylic acid groups (broad SMARTS) is 1. The van der Waals surface area contributed by atoms with Crippen LogP contribution in [0.5, 0.6) is 0 Å². The van der Waals surface area contributed by atoms with Crippen molar-refractivity contribution in [2.24, 2.45) is 0 Å². The van der Waals surface area contributed by atoms with Gasteiger partial charge in [-0.15, -0.1) is 0 Å². The molecule has 0 aliphatic carbocycles. The minimum Gasteiger partial charge on any atom is -1.00 e. The van der Waals surface area contributed by atoms with Gasteiger partial charge in [-0.3, -0.25) is 9.59 Å². The van der Waals surface area contributed by atoms with Crippen LogP contribution in [0.3, 0.4) is 0 Å². The summed E-state index contributed by atoms with van der Waals surface area (Å²) in [7, 11) is 0. The van der Waals surface area contributed by atoms with E-state index in [1.54, 1.807) is 0 Å². The molecule has 0 amide bonds. The first-order valence-corrected chi connectivity index (χ1v) is 16.9. The van der Waals surface area contributed by atoms with Gasteiger partial charge in [0.25, 0.3) is 6.47 Å². The predicted octanol–water partition coefficient (Wildman–Crippen LogP) is 4.95. The van der Waals surface area contributed by atoms with E-state index in [9.17, 15) is 14.7 Å². The Morgan fingerprint density at radius 2 is 1.38 bits per heavy atom. The lowest BCUT2D eigenvalue weighted by Crippen LogP contribution is -3.00. The number of nitrogens with zero attached hydrogens (tertiary/aromatic N) is 2. The van der Waals surface area contributed by atoms with Gasteiger partial charge in [0.2, 0.25) is 5.69 Å². The van der Waals surface area contributed by atoms with E-state index in [2.05, 4.69) is 139 Å². The lowest BCUT2D eigenvalue weighted by atomic mass is 9.74. The summed E-state index contributed by atoms with van der Waals surface area (Å²) < 4.78 is 7.33. The van der Waals surface area contributed by atoms with Crippen LogP contribution in [0.4, 0.5) is 11.4 Å². The molecule has 256 valence electrons. The Balaban J connectivity index is 0.00000486. The van der Waals surface area contributed by atoms with Crippen LogP contribution in [-0.2, 0) is 38.0 Å². The first kappa shape index (κ1) is 36.5. The second-order valence-corrected chi connectivity index (χ2v) is 13.1. The van der Waals surface area contributed by atoms with Crippen molar-refractivity contribution in [1.29, 1.82) is 0 Å². The van der Waals surface area contributed by atoms with Crippen LogP contribution in [0.15, 0.2) is 145 Å². The lowest BCUT2D eigenvalue weighted by molar-refractivity contribution is -0.436. The Morgan fingerprint density at radius 3 is 2.04 bits per heavy atom. The molecule has 4 aromatic carbocycles. The lowest BCUT2D eigenvalue weighted by Gasteiger charge is -2.30. The van der Waals surface area contributed by atoms with E-state index >= 15 is 0 Å². The van der Waals surface area contributed by atoms with Crippen LogP contribution >= 0.6 is 0 Å². The van der Waals surface area contributed by atoms with E-state index in [1.165, 1.54) is 22.3 Å². The quantitative estimate of drug-likeness (QED) is 0.0646. The Kier molecular flexibility index (Phi) is 11.9. The number of rotatable bonds is 14. The van der Waals surface area contributed by atoms with Crippen molar-refractivity contribution in [1.82, 2.24) is 0 Å². The molecule has 0 aromatic heterocycles. The second-order valence-electron chi connectivity index (χ2n) is 13.1. The number of anilines is 1. The molecule has 6 nitrogen and oxygen atoms in total. The summed E-state index contributed by atoms with van der Waals surface area (Å²) >= 11 is 0. The molecular formula is C43H43IN2O4. The molecule has 0 saturated carbocycles. The smallest absolute Gasteiger partial charge is 0.309 e. The average molecular weight is 779 g/mol. The molecule has 2 unspecified atom stereocenters. The maximum Gasteiger partial charge on any atom is 0.309 e. The maximum absolute atomic E-state index is 11.7. The van der Waals surface area contributed by atoms with Crippen LogP contribution < -0.4 is 28.9 Å². The van der Waals surface area contributed by atoms with Gasteiger partial charge in [0.1, 0.15) is 13.0 Å². The number of carbonyl (C=O) groups excluding carboxylic acids is 1. The largest absolute Gasteiger partial charge is 1.00 e. The summed E-state index contributed by atoms with van der Waals surface area (Å²) in [5.41, 5.74) is 8.64. The van der Waals surface area contributed by atoms with Crippen molar-refractivity contribution in [3.8, 4) is 0 Å². The van der Waals surface area contributed by atoms with Crippen LogP contribution in [0.1, 0.15) is 42.5 Å². The number of carbonyl (C=O) groups is 2. The molecular weight excluding hydrogens is 735 g/mol. The maximum atomic E-state index is 11.7. The van der Waals surface area contributed by atoms with E-state index < -0.39 is 5.97 Å². The second kappa shape index (κ2) is 16.3. The molecule has 2 aliphatic rings. The minimum atomic E-state index is -0.816. The van der Waals surface area contributed by atoms with E-state index in [1.807, 2.05) is 24.3 Å². The minimum absolute atomic E-state index is 0. The number of hydrogen-bond donors (Lipinski definition) is 1. The third-order valence-corrected chi connectivity index (χ3v) is 9.87. The molecule has 0 saturated heterocycles. The molecule has 0 spiro atoms. The fourth-order valence-electron chi connectivity index (χ4n) is 7.65. The summed E-state index contributed by atoms with van der Waals surface area (Å²) in [6, 6.07) is 37.8. The molecule has 0 fully saturated rings. The first-order chi connectivity index (χ1) is 23.8. The molecule has 1 N–H and O–H groups in total. The van der Waals surface area contributed by atoms with Crippen LogP contribution in [0, 0.1) is 0 Å². The standard InChI is InChI=1S/C43H42N2O4.HI/c1-42(30-33-16-6-3-7-17-33)35-20-12-14-22-37(35)44(27-26-41(47)48)39(42)24-10-5-11-25-40-43(2,31-34-18-8-4-9-19-34)36-21-13-15-23-38(36)45(40)28-29-49-32-46;/h3-25,32H,26-31H2,1-2H3;1H. The van der Waals surface area contributed by atoms with Crippen molar-refractivity contribution in [2.75, 3.05) is 24.6 Å². The van der Waals surface area contributed by atoms with Gasteiger partial charge in [0, 0.05) is 34.5 Å². The molecule has 2 aliphatic heterocycles. The number of para-hydroxylation sites is 2. The SMILES string of the molecule is CC1(Cc2ccccc2)C(/C=C/C=C/C=C2/N(CCOC=O)c3ccccc3C2(C)Cc2ccccc2)=[N+](CCC(=O)O)c2ccccc21.[I-]. The topological polar surface area (TPSA) is 69.8 Å². The van der Waals surface area contributed by atoms with E-state index in [4.69, 9.17) is 4.74 Å². The molecule has 6 rings (SSSR count). The van der Waals surface area contributed by atoms with Crippen LogP contribution in [0.25, 0.3) is 0 Å². The Hall–Kier alpha value is -4.76. The average Bonchev–Trinajstić information content (AvgIpc) is 3.48. The number of ether oxygens (including phenoxy) is 1. The van der Waals surface area contributed by atoms with Gasteiger partial charge < -0.3 is 38.7 Å². The fraction of sp³-hybridized carbons (Fsp3) is 0.233. The highest BCUT2D eigenvalue weighted by atomic mass is 127. The summed E-state index contributed by atoms with van der Waals surface area (Å²) in [5, 5.41) is 9.61. The molecule has 4 aromatic rings. The van der Waals surface area contributed by atoms with Gasteiger partial charge in [-0.05, 0) is 55.5 Å². The van der Waals surface area contributed by atoms with Gasteiger partial charge in [-0.25, -0.2) is 0 Å². The van der Waals surface area contributed by atoms with Crippen LogP contribution in [0.2, 0.25) is 0 Å². The highest BCUT2D eigenvalue weighted by Crippen LogP contribution is 2.49. The van der Waals surface area contributed by atoms with Gasteiger partial charge in [-0.2, -0.15) is 4.58 Å². The van der Waals surface area contributed by atoms with Crippen molar-refractivity contribution in [2.45, 2.75) is 43.9 Å². The molecule has 2 atom stereocenters. The van der Waals surface area contributed by atoms with Crippen LogP contribution in [-0.4, -0.2) is 47.5 Å². The van der Waals surface area contributed by atoms with Crippen molar-refractivity contribution >= 4 is 29.5 Å². The van der Waals surface area contributed by atoms with E-state index in [-0.39, 0.29) is 47.8 Å². The van der Waals surface area contributed by atoms with Gasteiger partial charge in [-0.1, -0.05) is 115 Å². The Bertz CT molecular complexity index is 1930. The third-order valence-electron chi connectivity index (χ3n) is 9.87. The molecule has 2 heterocycles. The van der Waals surface area contributed by atoms with E-state index in [0.717, 1.165) is 35.6 Å². The summed E-state index contributed by atoms with van der Waals surface area (Å²) in [4.78, 5) is 25.0. The van der Waals surface area contributed by atoms with Gasteiger partial charge >= 0.3 is 5.97 Å². The van der Waals surface area contributed by atoms with Gasteiger partial charge in [0.05, 0.1) is 12.0 Å². The first-order valence-electron chi connectivity index (χ1n) is 16.9. The number of hydrogen-bond acceptors (Lipinski definition) is 4. The Morgan fingerprint density at radius 1 is 0.780 bits per heavy atom. The number of carboxylic acids is 1. The number of fused-ring (bicyclic) bond motifs is 2. The van der Waals surface area contributed by atoms with Crippen molar-refractivity contribution in [3.05, 3.63) is 168 Å². The van der Waals surface area contributed by atoms with Gasteiger partial charge in [0.15, 0.2) is 12.3 Å². The highest BCUT2D eigenvalue weighted by molar-refractivity contribution is 6.03. The number of halogens is 1. The molecule has 0 radical (unpaired) electrons. The summed E-state index contributed by atoms with van der Waals surface area (Å²) in [6.07, 6.45) is 12.1. The molecule has 50 heavy (non-hydrogen) atoms. The predicted molar refractivity (Wildman–Crippen MR) is 196 cm³/mol. The Labute approximate surface area is 312 Å². The number of allylic oxidation sites excluding steroid dienone is 6. The van der Waals surface area contributed by atoms with E-state index in [0.29, 0.717) is 19.6 Å². The summed E-state index contributed by atoms with van der Waals surface area (Å²) in [6.45, 7) is 6.26. The third kappa shape index (κ3) is 7.53. The zero-order valence-corrected chi connectivity index (χ0v) is 30.7. The molecule has 0 bridgehead atoms.